The third-order valence-corrected chi connectivity index (χ3v) is 7.78. The minimum atomic E-state index is -0.347. The van der Waals surface area contributed by atoms with Gasteiger partial charge in [-0.1, -0.05) is 92.6 Å². The number of aryl methyl sites for hydroxylation is 4. The van der Waals surface area contributed by atoms with E-state index in [4.69, 9.17) is 4.74 Å². The maximum absolute atomic E-state index is 13.0. The van der Waals surface area contributed by atoms with Crippen molar-refractivity contribution in [2.45, 2.75) is 93.0 Å². The average molecular weight is 500 g/mol. The van der Waals surface area contributed by atoms with Crippen LogP contribution in [0, 0.1) is 33.6 Å². The van der Waals surface area contributed by atoms with Crippen LogP contribution in [0.1, 0.15) is 85.1 Å². The van der Waals surface area contributed by atoms with Crippen LogP contribution < -0.4 is 0 Å². The number of ether oxygens (including phenoxy) is 1. The van der Waals surface area contributed by atoms with Gasteiger partial charge in [0.05, 0.1) is 0 Å². The number of hydrogen-bond acceptors (Lipinski definition) is 3. The first-order chi connectivity index (χ1) is 17.7. The highest BCUT2D eigenvalue weighted by molar-refractivity contribution is 5.69. The van der Waals surface area contributed by atoms with Crippen LogP contribution in [0.2, 0.25) is 0 Å². The third kappa shape index (κ3) is 8.04. The summed E-state index contributed by atoms with van der Waals surface area (Å²) in [5.74, 6) is 0.407. The number of nitrogens with zero attached hydrogens (tertiary/aromatic N) is 1. The molecule has 0 aliphatic heterocycles. The van der Waals surface area contributed by atoms with Crippen LogP contribution in [-0.4, -0.2) is 16.9 Å². The highest BCUT2D eigenvalue weighted by atomic mass is 16.5. The van der Waals surface area contributed by atoms with Crippen LogP contribution in [0.5, 0.6) is 0 Å². The van der Waals surface area contributed by atoms with E-state index in [1.165, 1.54) is 33.4 Å². The highest BCUT2D eigenvalue weighted by Crippen LogP contribution is 2.30. The zero-order valence-corrected chi connectivity index (χ0v) is 23.9. The van der Waals surface area contributed by atoms with Crippen LogP contribution >= 0.6 is 0 Å². The molecule has 3 aromatic rings. The third-order valence-electron chi connectivity index (χ3n) is 7.78. The van der Waals surface area contributed by atoms with Gasteiger partial charge in [-0.05, 0) is 80.3 Å². The predicted molar refractivity (Wildman–Crippen MR) is 155 cm³/mol. The lowest BCUT2D eigenvalue weighted by Gasteiger charge is -2.36. The van der Waals surface area contributed by atoms with E-state index in [9.17, 15) is 4.79 Å². The van der Waals surface area contributed by atoms with Gasteiger partial charge in [0.25, 0.3) is 0 Å². The quantitative estimate of drug-likeness (QED) is 0.234. The molecule has 3 aromatic carbocycles. The molecule has 37 heavy (non-hydrogen) atoms. The van der Waals surface area contributed by atoms with Gasteiger partial charge in [0, 0.05) is 25.6 Å². The fourth-order valence-electron chi connectivity index (χ4n) is 5.06. The number of carbonyl (C=O) groups is 1. The summed E-state index contributed by atoms with van der Waals surface area (Å²) in [6.07, 6.45) is 2.05. The molecule has 0 radical (unpaired) electrons. The van der Waals surface area contributed by atoms with E-state index in [1.54, 1.807) is 0 Å². The van der Waals surface area contributed by atoms with Crippen LogP contribution in [0.4, 0.5) is 0 Å². The van der Waals surface area contributed by atoms with Gasteiger partial charge in [-0.2, -0.15) is 0 Å². The Bertz CT molecular complexity index is 1130. The maximum atomic E-state index is 13.0. The summed E-state index contributed by atoms with van der Waals surface area (Å²) in [5, 5.41) is 0. The van der Waals surface area contributed by atoms with Gasteiger partial charge in [-0.25, -0.2) is 0 Å². The molecule has 0 N–H and O–H groups in total. The zero-order chi connectivity index (χ0) is 26.9. The van der Waals surface area contributed by atoms with Gasteiger partial charge in [0.1, 0.15) is 6.10 Å². The minimum Gasteiger partial charge on any atom is -0.456 e. The molecule has 0 spiro atoms. The SMILES string of the molecule is CC[C@H](C)CCC(=O)O[C@@H](c1ccccc1)[C@@H](C)N(Cc1ccccc1C)Cc1c(C)cc(C)cc1C. The van der Waals surface area contributed by atoms with Crippen molar-refractivity contribution < 1.29 is 9.53 Å². The maximum Gasteiger partial charge on any atom is 0.306 e. The molecule has 0 aliphatic carbocycles. The number of rotatable bonds is 12. The van der Waals surface area contributed by atoms with Gasteiger partial charge < -0.3 is 4.74 Å². The average Bonchev–Trinajstić information content (AvgIpc) is 2.88. The largest absolute Gasteiger partial charge is 0.456 e. The summed E-state index contributed by atoms with van der Waals surface area (Å²) in [5.41, 5.74) is 8.86. The summed E-state index contributed by atoms with van der Waals surface area (Å²) < 4.78 is 6.28. The fourth-order valence-corrected chi connectivity index (χ4v) is 5.06. The first-order valence-electron chi connectivity index (χ1n) is 13.8. The van der Waals surface area contributed by atoms with Crippen molar-refractivity contribution in [1.29, 1.82) is 0 Å². The van der Waals surface area contributed by atoms with Gasteiger partial charge in [0.2, 0.25) is 0 Å². The van der Waals surface area contributed by atoms with E-state index in [2.05, 4.69) is 102 Å². The smallest absolute Gasteiger partial charge is 0.306 e. The van der Waals surface area contributed by atoms with Crippen molar-refractivity contribution in [3.05, 3.63) is 106 Å². The van der Waals surface area contributed by atoms with Gasteiger partial charge in [-0.15, -0.1) is 0 Å². The Kier molecular flexibility index (Phi) is 10.5. The lowest BCUT2D eigenvalue weighted by atomic mass is 9.96. The fraction of sp³-hybridized carbons (Fsp3) is 0.441. The van der Waals surface area contributed by atoms with Crippen LogP contribution in [0.15, 0.2) is 66.7 Å². The number of benzene rings is 3. The van der Waals surface area contributed by atoms with Crippen molar-refractivity contribution in [2.75, 3.05) is 0 Å². The molecule has 0 aliphatic rings. The Labute approximate surface area is 224 Å². The first kappa shape index (κ1) is 28.7. The molecule has 3 heteroatoms. The molecule has 0 bridgehead atoms. The predicted octanol–water partition coefficient (Wildman–Crippen LogP) is 8.42. The van der Waals surface area contributed by atoms with E-state index >= 15 is 0 Å². The molecule has 3 rings (SSSR count). The van der Waals surface area contributed by atoms with Crippen molar-refractivity contribution in [1.82, 2.24) is 4.90 Å². The summed E-state index contributed by atoms with van der Waals surface area (Å²) in [7, 11) is 0. The molecule has 3 nitrogen and oxygen atoms in total. The van der Waals surface area contributed by atoms with Crippen molar-refractivity contribution in [2.24, 2.45) is 5.92 Å². The Balaban J connectivity index is 1.96. The molecule has 3 atom stereocenters. The summed E-state index contributed by atoms with van der Waals surface area (Å²) in [6, 6.07) is 23.3. The molecule has 0 unspecified atom stereocenters. The molecule has 0 saturated carbocycles. The number of carbonyl (C=O) groups excluding carboxylic acids is 1. The highest BCUT2D eigenvalue weighted by Gasteiger charge is 2.29. The molecular formula is C34H45NO2. The topological polar surface area (TPSA) is 29.5 Å². The van der Waals surface area contributed by atoms with Crippen LogP contribution in [0.3, 0.4) is 0 Å². The summed E-state index contributed by atoms with van der Waals surface area (Å²) >= 11 is 0. The van der Waals surface area contributed by atoms with E-state index in [1.807, 2.05) is 18.2 Å². The molecular weight excluding hydrogens is 454 g/mol. The molecule has 0 amide bonds. The zero-order valence-electron chi connectivity index (χ0n) is 23.9. The molecule has 0 fully saturated rings. The molecule has 0 saturated heterocycles. The second-order valence-corrected chi connectivity index (χ2v) is 10.8. The molecule has 0 heterocycles. The lowest BCUT2D eigenvalue weighted by Crippen LogP contribution is -2.39. The number of hydrogen-bond donors (Lipinski definition) is 0. The Hall–Kier alpha value is -2.91. The molecule has 198 valence electrons. The van der Waals surface area contributed by atoms with E-state index < -0.39 is 0 Å². The lowest BCUT2D eigenvalue weighted by molar-refractivity contribution is -0.153. The Morgan fingerprint density at radius 3 is 2.08 bits per heavy atom. The van der Waals surface area contributed by atoms with Gasteiger partial charge in [-0.3, -0.25) is 9.69 Å². The summed E-state index contributed by atoms with van der Waals surface area (Å²) in [6.45, 7) is 16.9. The second kappa shape index (κ2) is 13.6. The van der Waals surface area contributed by atoms with Crippen molar-refractivity contribution in [3.8, 4) is 0 Å². The van der Waals surface area contributed by atoms with E-state index in [0.717, 1.165) is 31.5 Å². The summed E-state index contributed by atoms with van der Waals surface area (Å²) in [4.78, 5) is 15.5. The van der Waals surface area contributed by atoms with Crippen LogP contribution in [0.25, 0.3) is 0 Å². The van der Waals surface area contributed by atoms with Crippen molar-refractivity contribution in [3.63, 3.8) is 0 Å². The minimum absolute atomic E-state index is 0.0188. The van der Waals surface area contributed by atoms with Crippen molar-refractivity contribution >= 4 is 5.97 Å². The first-order valence-corrected chi connectivity index (χ1v) is 13.8. The van der Waals surface area contributed by atoms with Gasteiger partial charge >= 0.3 is 5.97 Å². The van der Waals surface area contributed by atoms with E-state index in [-0.39, 0.29) is 18.1 Å². The Morgan fingerprint density at radius 1 is 0.838 bits per heavy atom. The number of esters is 1. The van der Waals surface area contributed by atoms with Crippen LogP contribution in [-0.2, 0) is 22.6 Å². The second-order valence-electron chi connectivity index (χ2n) is 10.8. The Morgan fingerprint density at radius 2 is 1.46 bits per heavy atom. The standard InChI is InChI=1S/C34H45NO2/c1-8-24(2)18-19-33(36)37-34(30-15-10-9-11-16-30)29(7)35(22-31-17-13-12-14-26(31)4)23-32-27(5)20-25(3)21-28(32)6/h9-17,20-21,24,29,34H,8,18-19,22-23H2,1-7H3/t24-,29+,34+/m0/s1. The van der Waals surface area contributed by atoms with E-state index in [0.29, 0.717) is 12.3 Å². The monoisotopic (exact) mass is 499 g/mol. The normalized spacial score (nSPS) is 13.8. The van der Waals surface area contributed by atoms with Gasteiger partial charge in [0.15, 0.2) is 0 Å². The molecule has 0 aromatic heterocycles.